The minimum atomic E-state index is -0.0972. The molecule has 0 aromatic carbocycles. The van der Waals surface area contributed by atoms with Crippen LogP contribution in [0.5, 0.6) is 0 Å². The van der Waals surface area contributed by atoms with Gasteiger partial charge in [0.1, 0.15) is 5.83 Å². The average Bonchev–Trinajstić information content (AvgIpc) is 1.91. The van der Waals surface area contributed by atoms with E-state index in [1.165, 1.54) is 0 Å². The van der Waals surface area contributed by atoms with E-state index >= 15 is 0 Å². The summed E-state index contributed by atoms with van der Waals surface area (Å²) in [6.45, 7) is 1.97. The van der Waals surface area contributed by atoms with Gasteiger partial charge in [-0.3, -0.25) is 4.99 Å². The lowest BCUT2D eigenvalue weighted by Gasteiger charge is -1.80. The van der Waals surface area contributed by atoms with Gasteiger partial charge < -0.3 is 0 Å². The molecule has 0 aromatic heterocycles. The Bertz CT molecular complexity index is 135. The molecule has 0 amide bonds. The molecule has 0 saturated heterocycles. The standard InChI is InChI=1S/C5H6FN/c1-4-2-7-3-5(4)6/h2H,3H2,1H3. The van der Waals surface area contributed by atoms with Crippen LogP contribution in [0.4, 0.5) is 4.39 Å². The Balaban J connectivity index is 2.79. The lowest BCUT2D eigenvalue weighted by molar-refractivity contribution is 0.620. The monoisotopic (exact) mass is 99.0 g/mol. The molecule has 1 aliphatic heterocycles. The zero-order chi connectivity index (χ0) is 5.28. The minimum absolute atomic E-state index is 0.0972. The van der Waals surface area contributed by atoms with Gasteiger partial charge in [-0.15, -0.1) is 0 Å². The van der Waals surface area contributed by atoms with Gasteiger partial charge in [-0.25, -0.2) is 4.39 Å². The van der Waals surface area contributed by atoms with Gasteiger partial charge in [0.05, 0.1) is 6.54 Å². The van der Waals surface area contributed by atoms with Gasteiger partial charge in [0.25, 0.3) is 0 Å². The fourth-order valence-electron chi connectivity index (χ4n) is 0.457. The summed E-state index contributed by atoms with van der Waals surface area (Å²) in [4.78, 5) is 3.67. The lowest BCUT2D eigenvalue weighted by atomic mass is 10.3. The summed E-state index contributed by atoms with van der Waals surface area (Å²) in [5.41, 5.74) is 0.667. The first-order chi connectivity index (χ1) is 3.30. The molecule has 0 aliphatic carbocycles. The van der Waals surface area contributed by atoms with Crippen LogP contribution in [0.1, 0.15) is 6.92 Å². The van der Waals surface area contributed by atoms with Gasteiger partial charge >= 0.3 is 0 Å². The maximum atomic E-state index is 12.1. The molecule has 1 heterocycles. The Morgan fingerprint density at radius 2 is 2.57 bits per heavy atom. The molecule has 0 aromatic rings. The van der Waals surface area contributed by atoms with E-state index < -0.39 is 0 Å². The van der Waals surface area contributed by atoms with Crippen molar-refractivity contribution in [2.45, 2.75) is 6.92 Å². The highest BCUT2D eigenvalue weighted by atomic mass is 19.1. The lowest BCUT2D eigenvalue weighted by Crippen LogP contribution is -1.74. The molecular formula is C5H6FN. The number of rotatable bonds is 0. The van der Waals surface area contributed by atoms with E-state index in [0.717, 1.165) is 0 Å². The van der Waals surface area contributed by atoms with Crippen LogP contribution in [-0.4, -0.2) is 12.8 Å². The quantitative estimate of drug-likeness (QED) is 0.434. The molecule has 0 atom stereocenters. The van der Waals surface area contributed by atoms with Gasteiger partial charge in [0.15, 0.2) is 0 Å². The largest absolute Gasteiger partial charge is 0.286 e. The predicted molar refractivity (Wildman–Crippen MR) is 27.2 cm³/mol. The molecule has 0 unspecified atom stereocenters. The number of nitrogens with zero attached hydrogens (tertiary/aromatic N) is 1. The maximum absolute atomic E-state index is 12.1. The van der Waals surface area contributed by atoms with Crippen LogP contribution in [0.25, 0.3) is 0 Å². The Hall–Kier alpha value is -0.660. The average molecular weight is 99.1 g/mol. The van der Waals surface area contributed by atoms with E-state index in [9.17, 15) is 4.39 Å². The molecule has 38 valence electrons. The fourth-order valence-corrected chi connectivity index (χ4v) is 0.457. The minimum Gasteiger partial charge on any atom is -0.286 e. The molecule has 0 radical (unpaired) electrons. The first kappa shape index (κ1) is 4.50. The SMILES string of the molecule is CC1=C(F)CN=C1. The summed E-state index contributed by atoms with van der Waals surface area (Å²) < 4.78 is 12.1. The third-order valence-electron chi connectivity index (χ3n) is 0.943. The Kier molecular flexibility index (Phi) is 0.929. The fraction of sp³-hybridized carbons (Fsp3) is 0.400. The van der Waals surface area contributed by atoms with Crippen molar-refractivity contribution in [3.8, 4) is 0 Å². The van der Waals surface area contributed by atoms with Crippen LogP contribution in [-0.2, 0) is 0 Å². The number of allylic oxidation sites excluding steroid dienone is 1. The van der Waals surface area contributed by atoms with E-state index in [4.69, 9.17) is 0 Å². The van der Waals surface area contributed by atoms with Crippen LogP contribution in [0.3, 0.4) is 0 Å². The zero-order valence-electron chi connectivity index (χ0n) is 4.11. The second kappa shape index (κ2) is 1.45. The van der Waals surface area contributed by atoms with Crippen molar-refractivity contribution >= 4 is 6.21 Å². The summed E-state index contributed by atoms with van der Waals surface area (Å²) in [5.74, 6) is -0.0972. The number of hydrogen-bond donors (Lipinski definition) is 0. The van der Waals surface area contributed by atoms with Crippen molar-refractivity contribution in [3.05, 3.63) is 11.4 Å². The van der Waals surface area contributed by atoms with Crippen molar-refractivity contribution in [2.75, 3.05) is 6.54 Å². The van der Waals surface area contributed by atoms with E-state index in [1.54, 1.807) is 13.1 Å². The van der Waals surface area contributed by atoms with Crippen molar-refractivity contribution < 1.29 is 4.39 Å². The summed E-state index contributed by atoms with van der Waals surface area (Å²) in [6, 6.07) is 0. The number of hydrogen-bond acceptors (Lipinski definition) is 1. The van der Waals surface area contributed by atoms with Crippen molar-refractivity contribution in [1.82, 2.24) is 0 Å². The normalized spacial score (nSPS) is 19.1. The summed E-state index contributed by atoms with van der Waals surface area (Å²) >= 11 is 0. The highest BCUT2D eigenvalue weighted by molar-refractivity contribution is 5.80. The molecule has 2 heteroatoms. The number of halogens is 1. The van der Waals surface area contributed by atoms with Crippen LogP contribution in [0, 0.1) is 0 Å². The molecule has 1 nitrogen and oxygen atoms in total. The number of aliphatic imine (C=N–C) groups is 1. The van der Waals surface area contributed by atoms with Crippen LogP contribution in [0.15, 0.2) is 16.4 Å². The maximum Gasteiger partial charge on any atom is 0.126 e. The topological polar surface area (TPSA) is 12.4 Å². The van der Waals surface area contributed by atoms with Crippen LogP contribution >= 0.6 is 0 Å². The molecule has 1 rings (SSSR count). The third kappa shape index (κ3) is 0.683. The highest BCUT2D eigenvalue weighted by Gasteiger charge is 2.01. The van der Waals surface area contributed by atoms with E-state index in [1.807, 2.05) is 0 Å². The second-order valence-corrected chi connectivity index (χ2v) is 1.56. The first-order valence-electron chi connectivity index (χ1n) is 2.16. The molecule has 0 fully saturated rings. The van der Waals surface area contributed by atoms with Crippen LogP contribution in [0.2, 0.25) is 0 Å². The smallest absolute Gasteiger partial charge is 0.126 e. The van der Waals surface area contributed by atoms with Crippen molar-refractivity contribution in [3.63, 3.8) is 0 Å². The molecule has 0 spiro atoms. The zero-order valence-corrected chi connectivity index (χ0v) is 4.11. The van der Waals surface area contributed by atoms with Gasteiger partial charge in [-0.2, -0.15) is 0 Å². The van der Waals surface area contributed by atoms with E-state index in [0.29, 0.717) is 5.57 Å². The highest BCUT2D eigenvalue weighted by Crippen LogP contribution is 2.08. The van der Waals surface area contributed by atoms with Gasteiger partial charge in [-0.05, 0) is 6.92 Å². The Labute approximate surface area is 41.6 Å². The molecular weight excluding hydrogens is 93.1 g/mol. The summed E-state index contributed by atoms with van der Waals surface area (Å²) in [7, 11) is 0. The third-order valence-corrected chi connectivity index (χ3v) is 0.943. The van der Waals surface area contributed by atoms with Gasteiger partial charge in [0, 0.05) is 11.8 Å². The molecule has 0 saturated carbocycles. The van der Waals surface area contributed by atoms with E-state index in [2.05, 4.69) is 4.99 Å². The van der Waals surface area contributed by atoms with Crippen LogP contribution < -0.4 is 0 Å². The summed E-state index contributed by atoms with van der Waals surface area (Å²) in [5, 5.41) is 0. The molecule has 0 N–H and O–H groups in total. The second-order valence-electron chi connectivity index (χ2n) is 1.56. The predicted octanol–water partition coefficient (Wildman–Crippen LogP) is 1.31. The molecule has 1 aliphatic rings. The molecule has 7 heavy (non-hydrogen) atoms. The Morgan fingerprint density at radius 1 is 1.86 bits per heavy atom. The van der Waals surface area contributed by atoms with Crippen molar-refractivity contribution in [1.29, 1.82) is 0 Å². The van der Waals surface area contributed by atoms with Gasteiger partial charge in [0.2, 0.25) is 0 Å². The molecule has 0 bridgehead atoms. The van der Waals surface area contributed by atoms with E-state index in [-0.39, 0.29) is 12.4 Å². The van der Waals surface area contributed by atoms with Crippen molar-refractivity contribution in [2.24, 2.45) is 4.99 Å². The summed E-state index contributed by atoms with van der Waals surface area (Å²) in [6.07, 6.45) is 1.55. The first-order valence-corrected chi connectivity index (χ1v) is 2.16. The van der Waals surface area contributed by atoms with Gasteiger partial charge in [-0.1, -0.05) is 0 Å². The Morgan fingerprint density at radius 3 is 2.71 bits per heavy atom.